The lowest BCUT2D eigenvalue weighted by atomic mass is 9.85. The molecule has 2 aromatic carbocycles. The summed E-state index contributed by atoms with van der Waals surface area (Å²) in [7, 11) is 0. The fourth-order valence-corrected chi connectivity index (χ4v) is 7.60. The molecule has 14 nitrogen and oxygen atoms in total. The fraction of sp³-hybridized carbons (Fsp3) is 0.512. The van der Waals surface area contributed by atoms with Crippen LogP contribution in [-0.4, -0.2) is 113 Å². The van der Waals surface area contributed by atoms with Gasteiger partial charge in [0.2, 0.25) is 17.7 Å². The Morgan fingerprint density at radius 2 is 1.57 bits per heavy atom. The van der Waals surface area contributed by atoms with Crippen molar-refractivity contribution in [2.75, 3.05) is 44.2 Å². The number of nitrogens with zero attached hydrogens (tertiary/aromatic N) is 4. The van der Waals surface area contributed by atoms with Gasteiger partial charge in [-0.15, -0.1) is 11.3 Å². The first kappa shape index (κ1) is 42.1. The van der Waals surface area contributed by atoms with E-state index in [2.05, 4.69) is 25.8 Å². The number of likely N-dealkylation sites (tertiary alicyclic amines) is 1. The normalized spacial score (nSPS) is 18.6. The number of benzene rings is 2. The molecule has 3 heterocycles. The number of nitrogens with one attached hydrogen (secondary N) is 3. The van der Waals surface area contributed by atoms with E-state index < -0.39 is 52.8 Å². The van der Waals surface area contributed by atoms with E-state index in [1.165, 1.54) is 4.90 Å². The molecule has 2 saturated heterocycles. The quantitative estimate of drug-likeness (QED) is 0.234. The van der Waals surface area contributed by atoms with Crippen molar-refractivity contribution in [3.05, 3.63) is 70.9 Å². The van der Waals surface area contributed by atoms with Gasteiger partial charge < -0.3 is 40.5 Å². The fourth-order valence-electron chi connectivity index (χ4n) is 6.79. The molecular weight excluding hydrogens is 735 g/mol. The number of thiazole rings is 1. The highest BCUT2D eigenvalue weighted by molar-refractivity contribution is 7.13. The monoisotopic (exact) mass is 789 g/mol. The average Bonchev–Trinajstić information content (AvgIpc) is 3.76. The van der Waals surface area contributed by atoms with Gasteiger partial charge in [-0.25, -0.2) is 9.78 Å². The van der Waals surface area contributed by atoms with Crippen LogP contribution in [0.1, 0.15) is 82.5 Å². The molecule has 5 rings (SSSR count). The number of hydrogen-bond acceptors (Lipinski definition) is 10. The minimum atomic E-state index is -1.04. The van der Waals surface area contributed by atoms with Crippen molar-refractivity contribution in [3.63, 3.8) is 0 Å². The zero-order valence-electron chi connectivity index (χ0n) is 33.5. The van der Waals surface area contributed by atoms with Crippen LogP contribution in [0.25, 0.3) is 10.4 Å². The Hall–Kier alpha value is -5.02. The summed E-state index contributed by atoms with van der Waals surface area (Å²) in [6, 6.07) is 12.5. The molecule has 0 spiro atoms. The van der Waals surface area contributed by atoms with Crippen LogP contribution in [0.15, 0.2) is 54.0 Å². The molecule has 0 bridgehead atoms. The van der Waals surface area contributed by atoms with Crippen LogP contribution in [0.4, 0.5) is 10.5 Å². The lowest BCUT2D eigenvalue weighted by molar-refractivity contribution is -0.144. The standard InChI is InChI=1S/C41H55N7O7S/c1-25(27-9-11-28(12-10-27)34-26(2)43-24-56-34)44-37(52)32-21-31(49)23-48(32)38(53)35(40(3,4)5)45-33(50)22-42-36(51)29-13-15-30(16-14-29)46-17-19-47(20-18-46)39(54)55-41(6,7)8/h9-16,24-25,31-32,35,49H,17-23H2,1-8H3,(H,42,51)(H,44,52)(H,45,50)/t25-,31+,32-,35?/m0/s1. The Bertz CT molecular complexity index is 1880. The zero-order valence-corrected chi connectivity index (χ0v) is 34.4. The van der Waals surface area contributed by atoms with E-state index in [-0.39, 0.29) is 31.6 Å². The molecule has 1 aromatic heterocycles. The summed E-state index contributed by atoms with van der Waals surface area (Å²) < 4.78 is 5.48. The van der Waals surface area contributed by atoms with E-state index in [4.69, 9.17) is 4.74 Å². The molecule has 302 valence electrons. The summed E-state index contributed by atoms with van der Waals surface area (Å²) in [5.74, 6) is -1.92. The highest BCUT2D eigenvalue weighted by atomic mass is 32.1. The van der Waals surface area contributed by atoms with Gasteiger partial charge in [-0.05, 0) is 75.4 Å². The Morgan fingerprint density at radius 3 is 2.14 bits per heavy atom. The number of hydrogen-bond donors (Lipinski definition) is 4. The second-order valence-electron chi connectivity index (χ2n) is 16.6. The molecule has 3 aromatic rings. The third kappa shape index (κ3) is 10.6. The number of piperazine rings is 1. The molecule has 0 aliphatic carbocycles. The van der Waals surface area contributed by atoms with E-state index in [1.54, 1.807) is 54.7 Å². The number of carbonyl (C=O) groups excluding carboxylic acids is 5. The number of aliphatic hydroxyl groups is 1. The lowest BCUT2D eigenvalue weighted by Gasteiger charge is -2.36. The molecule has 56 heavy (non-hydrogen) atoms. The minimum Gasteiger partial charge on any atom is -0.444 e. The Labute approximate surface area is 333 Å². The Kier molecular flexibility index (Phi) is 13.1. The van der Waals surface area contributed by atoms with Gasteiger partial charge in [0, 0.05) is 50.4 Å². The molecule has 0 radical (unpaired) electrons. The van der Waals surface area contributed by atoms with Crippen LogP contribution in [-0.2, 0) is 19.1 Å². The van der Waals surface area contributed by atoms with Crippen molar-refractivity contribution >= 4 is 46.7 Å². The maximum absolute atomic E-state index is 14.0. The summed E-state index contributed by atoms with van der Waals surface area (Å²) in [5.41, 5.74) is 4.62. The summed E-state index contributed by atoms with van der Waals surface area (Å²) in [6.07, 6.45) is -1.18. The summed E-state index contributed by atoms with van der Waals surface area (Å²) in [4.78, 5) is 76.8. The van der Waals surface area contributed by atoms with Crippen LogP contribution >= 0.6 is 11.3 Å². The molecular formula is C41H55N7O7S. The molecule has 2 aliphatic heterocycles. The first-order valence-electron chi connectivity index (χ1n) is 19.0. The number of amides is 5. The Morgan fingerprint density at radius 1 is 0.929 bits per heavy atom. The van der Waals surface area contributed by atoms with Gasteiger partial charge in [0.1, 0.15) is 17.7 Å². The number of carbonyl (C=O) groups is 5. The van der Waals surface area contributed by atoms with Crippen molar-refractivity contribution in [1.29, 1.82) is 0 Å². The minimum absolute atomic E-state index is 0.0528. The van der Waals surface area contributed by atoms with Gasteiger partial charge in [0.05, 0.1) is 34.8 Å². The van der Waals surface area contributed by atoms with Gasteiger partial charge in [0.15, 0.2) is 0 Å². The van der Waals surface area contributed by atoms with E-state index in [0.29, 0.717) is 31.7 Å². The first-order chi connectivity index (χ1) is 26.3. The number of β-amino-alcohol motifs (C(OH)–C–C–N with tert-alkyl or cyclic N) is 1. The van der Waals surface area contributed by atoms with Crippen molar-refractivity contribution < 1.29 is 33.8 Å². The highest BCUT2D eigenvalue weighted by Gasteiger charge is 2.44. The maximum Gasteiger partial charge on any atom is 0.410 e. The summed E-state index contributed by atoms with van der Waals surface area (Å²) in [6.45, 7) is 16.6. The molecule has 4 N–H and O–H groups in total. The average molecular weight is 790 g/mol. The smallest absolute Gasteiger partial charge is 0.410 e. The number of rotatable bonds is 10. The Balaban J connectivity index is 1.14. The predicted molar refractivity (Wildman–Crippen MR) is 215 cm³/mol. The number of aliphatic hydroxyl groups excluding tert-OH is 1. The highest BCUT2D eigenvalue weighted by Crippen LogP contribution is 2.30. The number of ether oxygens (including phenoxy) is 1. The zero-order chi connectivity index (χ0) is 40.9. The van der Waals surface area contributed by atoms with Crippen LogP contribution in [0.5, 0.6) is 0 Å². The molecule has 15 heteroatoms. The summed E-state index contributed by atoms with van der Waals surface area (Å²) in [5, 5.41) is 19.0. The largest absolute Gasteiger partial charge is 0.444 e. The van der Waals surface area contributed by atoms with Gasteiger partial charge in [-0.3, -0.25) is 19.2 Å². The molecule has 4 atom stereocenters. The predicted octanol–water partition coefficient (Wildman–Crippen LogP) is 4.28. The van der Waals surface area contributed by atoms with Crippen LogP contribution in [0, 0.1) is 12.3 Å². The van der Waals surface area contributed by atoms with E-state index in [1.807, 2.05) is 71.0 Å². The van der Waals surface area contributed by atoms with Crippen molar-refractivity contribution in [1.82, 2.24) is 30.7 Å². The number of aromatic nitrogens is 1. The van der Waals surface area contributed by atoms with Crippen molar-refractivity contribution in [2.24, 2.45) is 5.41 Å². The SMILES string of the molecule is Cc1ncsc1-c1ccc([C@H](C)NC(=O)[C@@H]2C[C@@H](O)CN2C(=O)C(NC(=O)CNC(=O)c2ccc(N3CCN(C(=O)OC(C)(C)C)CC3)cc2)C(C)(C)C)cc1. The van der Waals surface area contributed by atoms with Gasteiger partial charge in [0.25, 0.3) is 5.91 Å². The lowest BCUT2D eigenvalue weighted by Crippen LogP contribution is -2.58. The topological polar surface area (TPSA) is 174 Å². The summed E-state index contributed by atoms with van der Waals surface area (Å²) >= 11 is 1.57. The van der Waals surface area contributed by atoms with Crippen molar-refractivity contribution in [2.45, 2.75) is 91.6 Å². The third-order valence-electron chi connectivity index (χ3n) is 9.90. The van der Waals surface area contributed by atoms with Gasteiger partial charge >= 0.3 is 6.09 Å². The van der Waals surface area contributed by atoms with Crippen LogP contribution < -0.4 is 20.9 Å². The van der Waals surface area contributed by atoms with Crippen LogP contribution in [0.3, 0.4) is 0 Å². The molecule has 5 amide bonds. The first-order valence-corrected chi connectivity index (χ1v) is 19.9. The number of aryl methyl sites for hydroxylation is 1. The third-order valence-corrected chi connectivity index (χ3v) is 10.9. The van der Waals surface area contributed by atoms with E-state index in [9.17, 15) is 29.1 Å². The second-order valence-corrected chi connectivity index (χ2v) is 17.4. The molecule has 0 saturated carbocycles. The van der Waals surface area contributed by atoms with Gasteiger partial charge in [-0.1, -0.05) is 45.0 Å². The second kappa shape index (κ2) is 17.4. The molecule has 2 aliphatic rings. The van der Waals surface area contributed by atoms with Crippen molar-refractivity contribution in [3.8, 4) is 10.4 Å². The van der Waals surface area contributed by atoms with E-state index >= 15 is 0 Å². The number of anilines is 1. The molecule has 2 fully saturated rings. The van der Waals surface area contributed by atoms with Gasteiger partial charge in [-0.2, -0.15) is 0 Å². The molecule has 1 unspecified atom stereocenters. The van der Waals surface area contributed by atoms with Crippen LogP contribution in [0.2, 0.25) is 0 Å². The maximum atomic E-state index is 14.0. The van der Waals surface area contributed by atoms with E-state index in [0.717, 1.165) is 27.4 Å².